The molecule has 1 unspecified atom stereocenters. The molecule has 120 valence electrons. The molecule has 21 heavy (non-hydrogen) atoms. The number of nitrogens with two attached hydrogens (primary N) is 1. The molecule has 3 nitrogen and oxygen atoms in total. The second kappa shape index (κ2) is 8.40. The molecule has 0 aliphatic rings. The van der Waals surface area contributed by atoms with E-state index in [1.54, 1.807) is 7.11 Å². The Hall–Kier alpha value is -1.06. The van der Waals surface area contributed by atoms with Crippen LogP contribution < -0.4 is 10.5 Å². The summed E-state index contributed by atoms with van der Waals surface area (Å²) in [6.07, 6.45) is 0. The van der Waals surface area contributed by atoms with Crippen molar-refractivity contribution < 1.29 is 4.74 Å². The summed E-state index contributed by atoms with van der Waals surface area (Å²) in [5.74, 6) is 2.21. The summed E-state index contributed by atoms with van der Waals surface area (Å²) in [6.45, 7) is 13.9. The highest BCUT2D eigenvalue weighted by molar-refractivity contribution is 5.37. The summed E-state index contributed by atoms with van der Waals surface area (Å²) in [5.41, 5.74) is 8.56. The monoisotopic (exact) mass is 292 g/mol. The van der Waals surface area contributed by atoms with Gasteiger partial charge in [-0.1, -0.05) is 39.8 Å². The zero-order chi connectivity index (χ0) is 16.0. The van der Waals surface area contributed by atoms with Crippen LogP contribution in [0, 0.1) is 18.8 Å². The lowest BCUT2D eigenvalue weighted by Crippen LogP contribution is -2.38. The van der Waals surface area contributed by atoms with Gasteiger partial charge in [0.1, 0.15) is 5.75 Å². The summed E-state index contributed by atoms with van der Waals surface area (Å²) in [6, 6.07) is 6.69. The van der Waals surface area contributed by atoms with Crippen molar-refractivity contribution in [3.05, 3.63) is 29.3 Å². The van der Waals surface area contributed by atoms with Crippen molar-refractivity contribution in [2.45, 2.75) is 40.7 Å². The Labute approximate surface area is 130 Å². The van der Waals surface area contributed by atoms with E-state index in [-0.39, 0.29) is 6.04 Å². The van der Waals surface area contributed by atoms with E-state index in [4.69, 9.17) is 10.5 Å². The van der Waals surface area contributed by atoms with E-state index in [9.17, 15) is 0 Å². The van der Waals surface area contributed by atoms with Gasteiger partial charge in [-0.2, -0.15) is 0 Å². The van der Waals surface area contributed by atoms with Crippen LogP contribution in [0.3, 0.4) is 0 Å². The van der Waals surface area contributed by atoms with Gasteiger partial charge >= 0.3 is 0 Å². The molecule has 0 aromatic heterocycles. The second-order valence-corrected chi connectivity index (χ2v) is 6.72. The predicted molar refractivity (Wildman–Crippen MR) is 90.8 cm³/mol. The summed E-state index contributed by atoms with van der Waals surface area (Å²) in [7, 11) is 1.71. The van der Waals surface area contributed by atoms with Crippen LogP contribution in [0.5, 0.6) is 5.75 Å². The lowest BCUT2D eigenvalue weighted by molar-refractivity contribution is 0.160. The maximum Gasteiger partial charge on any atom is 0.121 e. The van der Waals surface area contributed by atoms with Gasteiger partial charge in [0.15, 0.2) is 0 Å². The smallest absolute Gasteiger partial charge is 0.121 e. The van der Waals surface area contributed by atoms with Gasteiger partial charge in [-0.05, 0) is 36.0 Å². The molecule has 0 aliphatic carbocycles. The SMILES string of the molecule is COc1ccc(C(CN)N(CC(C)C)CC(C)C)cc1C. The third kappa shape index (κ3) is 5.33. The van der Waals surface area contributed by atoms with E-state index in [0.29, 0.717) is 18.4 Å². The number of methoxy groups -OCH3 is 1. The molecule has 1 aromatic carbocycles. The molecule has 0 heterocycles. The molecule has 0 aliphatic heterocycles. The first kappa shape index (κ1) is 18.0. The Morgan fingerprint density at radius 3 is 2.05 bits per heavy atom. The summed E-state index contributed by atoms with van der Waals surface area (Å²) in [5, 5.41) is 0. The highest BCUT2D eigenvalue weighted by atomic mass is 16.5. The average molecular weight is 292 g/mol. The summed E-state index contributed by atoms with van der Waals surface area (Å²) in [4.78, 5) is 2.52. The summed E-state index contributed by atoms with van der Waals surface area (Å²) >= 11 is 0. The van der Waals surface area contributed by atoms with Crippen LogP contribution >= 0.6 is 0 Å². The lowest BCUT2D eigenvalue weighted by Gasteiger charge is -2.34. The molecule has 1 aromatic rings. The first-order chi connectivity index (χ1) is 9.88. The predicted octanol–water partition coefficient (Wildman–Crippen LogP) is 3.62. The molecule has 3 heteroatoms. The quantitative estimate of drug-likeness (QED) is 0.795. The molecule has 0 amide bonds. The van der Waals surface area contributed by atoms with Gasteiger partial charge in [-0.25, -0.2) is 0 Å². The van der Waals surface area contributed by atoms with Crippen LogP contribution in [0.2, 0.25) is 0 Å². The van der Waals surface area contributed by atoms with E-state index < -0.39 is 0 Å². The van der Waals surface area contributed by atoms with Crippen LogP contribution in [0.25, 0.3) is 0 Å². The number of hydrogen-bond acceptors (Lipinski definition) is 3. The molecule has 0 bridgehead atoms. The van der Waals surface area contributed by atoms with Gasteiger partial charge in [0.25, 0.3) is 0 Å². The Balaban J connectivity index is 3.03. The van der Waals surface area contributed by atoms with Crippen LogP contribution in [0.15, 0.2) is 18.2 Å². The third-order valence-electron chi connectivity index (χ3n) is 3.67. The minimum atomic E-state index is 0.277. The standard InChI is InChI=1S/C18H32N2O/c1-13(2)11-20(12-14(3)4)17(10-19)16-7-8-18(21-6)15(5)9-16/h7-9,13-14,17H,10-12,19H2,1-6H3. The van der Waals surface area contributed by atoms with Gasteiger partial charge in [0.2, 0.25) is 0 Å². The minimum Gasteiger partial charge on any atom is -0.496 e. The molecule has 0 radical (unpaired) electrons. The largest absolute Gasteiger partial charge is 0.496 e. The van der Waals surface area contributed by atoms with Gasteiger partial charge in [0.05, 0.1) is 7.11 Å². The van der Waals surface area contributed by atoms with Crippen molar-refractivity contribution >= 4 is 0 Å². The zero-order valence-electron chi connectivity index (χ0n) is 14.5. The Bertz CT molecular complexity index is 419. The maximum absolute atomic E-state index is 6.10. The number of ether oxygens (including phenoxy) is 1. The van der Waals surface area contributed by atoms with Gasteiger partial charge in [-0.15, -0.1) is 0 Å². The minimum absolute atomic E-state index is 0.277. The normalized spacial score (nSPS) is 13.2. The molecule has 1 rings (SSSR count). The van der Waals surface area contributed by atoms with Crippen molar-refractivity contribution in [2.24, 2.45) is 17.6 Å². The molecule has 0 fully saturated rings. The van der Waals surface area contributed by atoms with Crippen molar-refractivity contribution in [2.75, 3.05) is 26.7 Å². The van der Waals surface area contributed by atoms with E-state index >= 15 is 0 Å². The van der Waals surface area contributed by atoms with E-state index in [2.05, 4.69) is 57.7 Å². The van der Waals surface area contributed by atoms with Crippen molar-refractivity contribution in [3.63, 3.8) is 0 Å². The van der Waals surface area contributed by atoms with Crippen LogP contribution in [-0.2, 0) is 0 Å². The van der Waals surface area contributed by atoms with E-state index in [1.165, 1.54) is 11.1 Å². The number of hydrogen-bond donors (Lipinski definition) is 1. The number of benzene rings is 1. The van der Waals surface area contributed by atoms with E-state index in [0.717, 1.165) is 18.8 Å². The van der Waals surface area contributed by atoms with Crippen LogP contribution in [0.4, 0.5) is 0 Å². The topological polar surface area (TPSA) is 38.5 Å². The molecular formula is C18H32N2O. The lowest BCUT2D eigenvalue weighted by atomic mass is 10.00. The van der Waals surface area contributed by atoms with Crippen molar-refractivity contribution in [1.29, 1.82) is 0 Å². The first-order valence-electron chi connectivity index (χ1n) is 7.97. The Morgan fingerprint density at radius 1 is 1.10 bits per heavy atom. The summed E-state index contributed by atoms with van der Waals surface area (Å²) < 4.78 is 5.36. The van der Waals surface area contributed by atoms with Gasteiger partial charge < -0.3 is 10.5 Å². The molecule has 0 saturated heterocycles. The first-order valence-corrected chi connectivity index (χ1v) is 7.97. The Morgan fingerprint density at radius 2 is 1.67 bits per heavy atom. The number of nitrogens with zero attached hydrogens (tertiary/aromatic N) is 1. The fourth-order valence-electron chi connectivity index (χ4n) is 2.87. The van der Waals surface area contributed by atoms with Crippen LogP contribution in [-0.4, -0.2) is 31.6 Å². The number of rotatable bonds is 8. The average Bonchev–Trinajstić information content (AvgIpc) is 2.38. The maximum atomic E-state index is 6.10. The highest BCUT2D eigenvalue weighted by Crippen LogP contribution is 2.27. The van der Waals surface area contributed by atoms with Gasteiger partial charge in [0, 0.05) is 25.7 Å². The Kier molecular flexibility index (Phi) is 7.20. The highest BCUT2D eigenvalue weighted by Gasteiger charge is 2.21. The third-order valence-corrected chi connectivity index (χ3v) is 3.67. The molecular weight excluding hydrogens is 260 g/mol. The number of aryl methyl sites for hydroxylation is 1. The van der Waals surface area contributed by atoms with E-state index in [1.807, 2.05) is 0 Å². The molecule has 1 atom stereocenters. The van der Waals surface area contributed by atoms with Gasteiger partial charge in [-0.3, -0.25) is 4.90 Å². The van der Waals surface area contributed by atoms with Crippen LogP contribution in [0.1, 0.15) is 44.9 Å². The fraction of sp³-hybridized carbons (Fsp3) is 0.667. The molecule has 0 saturated carbocycles. The molecule has 0 spiro atoms. The fourth-order valence-corrected chi connectivity index (χ4v) is 2.87. The molecule has 2 N–H and O–H groups in total. The van der Waals surface area contributed by atoms with Crippen molar-refractivity contribution in [1.82, 2.24) is 4.90 Å². The zero-order valence-corrected chi connectivity index (χ0v) is 14.5. The second-order valence-electron chi connectivity index (χ2n) is 6.72. The van der Waals surface area contributed by atoms with Crippen molar-refractivity contribution in [3.8, 4) is 5.75 Å².